The molecule has 0 saturated heterocycles. The Kier molecular flexibility index (Phi) is 4.12. The minimum atomic E-state index is -0.477. The van der Waals surface area contributed by atoms with Crippen molar-refractivity contribution in [3.63, 3.8) is 0 Å². The molecule has 2 rings (SSSR count). The van der Waals surface area contributed by atoms with Gasteiger partial charge in [-0.15, -0.1) is 0 Å². The van der Waals surface area contributed by atoms with Gasteiger partial charge in [-0.2, -0.15) is 5.10 Å². The first-order chi connectivity index (χ1) is 9.19. The van der Waals surface area contributed by atoms with E-state index in [2.05, 4.69) is 10.4 Å². The highest BCUT2D eigenvalue weighted by molar-refractivity contribution is 5.91. The van der Waals surface area contributed by atoms with Crippen molar-refractivity contribution >= 4 is 11.6 Å². The summed E-state index contributed by atoms with van der Waals surface area (Å²) < 4.78 is 20.2. The maximum atomic E-state index is 13.3. The van der Waals surface area contributed by atoms with Crippen LogP contribution in [0.3, 0.4) is 0 Å². The Labute approximate surface area is 110 Å². The summed E-state index contributed by atoms with van der Waals surface area (Å²) in [6.45, 7) is 2.48. The molecule has 1 aromatic heterocycles. The molecule has 6 heteroatoms. The predicted molar refractivity (Wildman–Crippen MR) is 68.4 cm³/mol. The molecule has 1 N–H and O–H groups in total. The second-order valence-corrected chi connectivity index (χ2v) is 3.85. The van der Waals surface area contributed by atoms with Crippen molar-refractivity contribution in [3.8, 4) is 5.75 Å². The van der Waals surface area contributed by atoms with Gasteiger partial charge in [0.1, 0.15) is 5.82 Å². The lowest BCUT2D eigenvalue weighted by atomic mass is 10.3. The number of aromatic nitrogens is 2. The lowest BCUT2D eigenvalue weighted by Gasteiger charge is -2.06. The van der Waals surface area contributed by atoms with Gasteiger partial charge in [-0.1, -0.05) is 12.1 Å². The van der Waals surface area contributed by atoms with Crippen molar-refractivity contribution in [2.45, 2.75) is 13.5 Å². The highest BCUT2D eigenvalue weighted by atomic mass is 19.1. The number of hydrogen-bond donors (Lipinski definition) is 1. The molecule has 1 amide bonds. The highest BCUT2D eigenvalue weighted by Gasteiger charge is 2.07. The van der Waals surface area contributed by atoms with Crippen LogP contribution in [0, 0.1) is 5.82 Å². The van der Waals surface area contributed by atoms with Gasteiger partial charge in [0.15, 0.2) is 12.4 Å². The van der Waals surface area contributed by atoms with Gasteiger partial charge < -0.3 is 10.1 Å². The standard InChI is InChI=1S/C13H14FN3O2/c1-2-17-8-10(7-15-17)19-9-13(18)16-12-6-4-3-5-11(12)14/h3-8H,2,9H2,1H3,(H,16,18). The van der Waals surface area contributed by atoms with Crippen molar-refractivity contribution < 1.29 is 13.9 Å². The number of anilines is 1. The number of nitrogens with one attached hydrogen (secondary N) is 1. The van der Waals surface area contributed by atoms with E-state index in [1.165, 1.54) is 18.3 Å². The van der Waals surface area contributed by atoms with Gasteiger partial charge in [-0.25, -0.2) is 4.39 Å². The zero-order chi connectivity index (χ0) is 13.7. The van der Waals surface area contributed by atoms with Gasteiger partial charge in [0.05, 0.1) is 18.1 Å². The van der Waals surface area contributed by atoms with E-state index in [4.69, 9.17) is 4.74 Å². The summed E-state index contributed by atoms with van der Waals surface area (Å²) in [4.78, 5) is 11.6. The summed E-state index contributed by atoms with van der Waals surface area (Å²) in [5, 5.41) is 6.45. The molecular weight excluding hydrogens is 249 g/mol. The summed E-state index contributed by atoms with van der Waals surface area (Å²) >= 11 is 0. The van der Waals surface area contributed by atoms with E-state index < -0.39 is 11.7 Å². The smallest absolute Gasteiger partial charge is 0.262 e. The molecule has 0 saturated carbocycles. The monoisotopic (exact) mass is 263 g/mol. The molecule has 0 atom stereocenters. The normalized spacial score (nSPS) is 10.2. The molecule has 100 valence electrons. The number of para-hydroxylation sites is 1. The first kappa shape index (κ1) is 13.1. The van der Waals surface area contributed by atoms with Gasteiger partial charge in [-0.3, -0.25) is 9.48 Å². The number of hydrogen-bond acceptors (Lipinski definition) is 3. The molecule has 1 heterocycles. The summed E-state index contributed by atoms with van der Waals surface area (Å²) in [5.74, 6) is -0.394. The van der Waals surface area contributed by atoms with Gasteiger partial charge in [0, 0.05) is 6.54 Å². The van der Waals surface area contributed by atoms with Gasteiger partial charge in [0.2, 0.25) is 0 Å². The van der Waals surface area contributed by atoms with Crippen LogP contribution in [-0.4, -0.2) is 22.3 Å². The topological polar surface area (TPSA) is 56.1 Å². The Bertz CT molecular complexity index is 569. The second-order valence-electron chi connectivity index (χ2n) is 3.85. The van der Waals surface area contributed by atoms with E-state index in [0.717, 1.165) is 6.54 Å². The lowest BCUT2D eigenvalue weighted by Crippen LogP contribution is -2.20. The molecular formula is C13H14FN3O2. The Morgan fingerprint density at radius 1 is 1.47 bits per heavy atom. The first-order valence-electron chi connectivity index (χ1n) is 5.88. The van der Waals surface area contributed by atoms with E-state index in [1.54, 1.807) is 23.0 Å². The molecule has 0 unspecified atom stereocenters. The van der Waals surface area contributed by atoms with Crippen LogP contribution in [0.1, 0.15) is 6.92 Å². The number of carbonyl (C=O) groups excluding carboxylic acids is 1. The minimum Gasteiger partial charge on any atom is -0.480 e. The SMILES string of the molecule is CCn1cc(OCC(=O)Nc2ccccc2F)cn1. The molecule has 0 spiro atoms. The summed E-state index contributed by atoms with van der Waals surface area (Å²) in [6.07, 6.45) is 3.22. The van der Waals surface area contributed by atoms with Crippen molar-refractivity contribution in [2.24, 2.45) is 0 Å². The van der Waals surface area contributed by atoms with E-state index in [0.29, 0.717) is 5.75 Å². The molecule has 0 aliphatic carbocycles. The van der Waals surface area contributed by atoms with Crippen LogP contribution >= 0.6 is 0 Å². The Hall–Kier alpha value is -2.37. The van der Waals surface area contributed by atoms with Crippen LogP contribution in [0.25, 0.3) is 0 Å². The number of benzene rings is 1. The van der Waals surface area contributed by atoms with Crippen LogP contribution in [-0.2, 0) is 11.3 Å². The van der Waals surface area contributed by atoms with Gasteiger partial charge in [-0.05, 0) is 19.1 Å². The molecule has 2 aromatic rings. The summed E-state index contributed by atoms with van der Waals surface area (Å²) in [7, 11) is 0. The van der Waals surface area contributed by atoms with Gasteiger partial charge in [0.25, 0.3) is 5.91 Å². The Morgan fingerprint density at radius 3 is 2.95 bits per heavy atom. The zero-order valence-electron chi connectivity index (χ0n) is 10.5. The van der Waals surface area contributed by atoms with Gasteiger partial charge >= 0.3 is 0 Å². The molecule has 19 heavy (non-hydrogen) atoms. The van der Waals surface area contributed by atoms with Crippen LogP contribution in [0.5, 0.6) is 5.75 Å². The number of rotatable bonds is 5. The first-order valence-corrected chi connectivity index (χ1v) is 5.88. The van der Waals surface area contributed by atoms with E-state index in [1.807, 2.05) is 6.92 Å². The fourth-order valence-electron chi connectivity index (χ4n) is 1.49. The molecule has 5 nitrogen and oxygen atoms in total. The third-order valence-corrected chi connectivity index (χ3v) is 2.45. The van der Waals surface area contributed by atoms with Crippen molar-refractivity contribution in [2.75, 3.05) is 11.9 Å². The number of carbonyl (C=O) groups is 1. The molecule has 0 radical (unpaired) electrons. The Morgan fingerprint density at radius 2 is 2.26 bits per heavy atom. The number of halogens is 1. The van der Waals surface area contributed by atoms with Crippen LogP contribution in [0.15, 0.2) is 36.7 Å². The zero-order valence-corrected chi connectivity index (χ0v) is 10.5. The molecule has 1 aromatic carbocycles. The molecule has 0 fully saturated rings. The van der Waals surface area contributed by atoms with Crippen LogP contribution in [0.2, 0.25) is 0 Å². The number of aryl methyl sites for hydroxylation is 1. The third kappa shape index (κ3) is 3.54. The van der Waals surface area contributed by atoms with Crippen LogP contribution < -0.4 is 10.1 Å². The summed E-state index contributed by atoms with van der Waals surface area (Å²) in [5.41, 5.74) is 0.139. The average Bonchev–Trinajstić information content (AvgIpc) is 2.87. The van der Waals surface area contributed by atoms with Crippen molar-refractivity contribution in [1.82, 2.24) is 9.78 Å². The van der Waals surface area contributed by atoms with E-state index >= 15 is 0 Å². The second kappa shape index (κ2) is 5.99. The number of ether oxygens (including phenoxy) is 1. The van der Waals surface area contributed by atoms with E-state index in [9.17, 15) is 9.18 Å². The molecule has 0 bridgehead atoms. The Balaban J connectivity index is 1.86. The maximum Gasteiger partial charge on any atom is 0.262 e. The largest absolute Gasteiger partial charge is 0.480 e. The van der Waals surface area contributed by atoms with Crippen molar-refractivity contribution in [3.05, 3.63) is 42.5 Å². The molecule has 0 aliphatic rings. The quantitative estimate of drug-likeness (QED) is 0.898. The minimum absolute atomic E-state index is 0.139. The third-order valence-electron chi connectivity index (χ3n) is 2.45. The highest BCUT2D eigenvalue weighted by Crippen LogP contribution is 2.12. The molecule has 0 aliphatic heterocycles. The predicted octanol–water partition coefficient (Wildman–Crippen LogP) is 2.06. The summed E-state index contributed by atoms with van der Waals surface area (Å²) in [6, 6.07) is 5.97. The average molecular weight is 263 g/mol. The number of amides is 1. The van der Waals surface area contributed by atoms with E-state index in [-0.39, 0.29) is 12.3 Å². The van der Waals surface area contributed by atoms with Crippen LogP contribution in [0.4, 0.5) is 10.1 Å². The lowest BCUT2D eigenvalue weighted by molar-refractivity contribution is -0.118. The van der Waals surface area contributed by atoms with Crippen molar-refractivity contribution in [1.29, 1.82) is 0 Å². The fourth-order valence-corrected chi connectivity index (χ4v) is 1.49. The fraction of sp³-hybridized carbons (Fsp3) is 0.231. The number of nitrogens with zero attached hydrogens (tertiary/aromatic N) is 2. The maximum absolute atomic E-state index is 13.3.